The van der Waals surface area contributed by atoms with Crippen molar-refractivity contribution in [3.63, 3.8) is 0 Å². The van der Waals surface area contributed by atoms with E-state index in [0.29, 0.717) is 32.7 Å². The Morgan fingerprint density at radius 3 is 2.08 bits per heavy atom. The second-order valence-corrected chi connectivity index (χ2v) is 21.7. The van der Waals surface area contributed by atoms with E-state index in [0.717, 1.165) is 36.1 Å². The van der Waals surface area contributed by atoms with Gasteiger partial charge in [0.25, 0.3) is 0 Å². The van der Waals surface area contributed by atoms with E-state index >= 15 is 0 Å². The molecule has 1 fully saturated rings. The summed E-state index contributed by atoms with van der Waals surface area (Å²) in [4.78, 5) is 0. The Morgan fingerprint density at radius 1 is 0.922 bits per heavy atom. The van der Waals surface area contributed by atoms with E-state index in [1.54, 1.807) is 7.11 Å². The number of methoxy groups -OCH3 is 1. The topological polar surface area (TPSA) is 75.6 Å². The van der Waals surface area contributed by atoms with Crippen LogP contribution in [-0.4, -0.2) is 62.9 Å². The smallest absolute Gasteiger partial charge is 0.192 e. The molecular formula is C43H72O7Si. The molecule has 0 aromatic heterocycles. The number of hydrogen-bond acceptors (Lipinski definition) is 7. The van der Waals surface area contributed by atoms with Gasteiger partial charge in [0.05, 0.1) is 56.9 Å². The second-order valence-electron chi connectivity index (χ2n) is 17.0. The molecule has 1 unspecified atom stereocenters. The van der Waals surface area contributed by atoms with Crippen molar-refractivity contribution < 1.29 is 33.2 Å². The van der Waals surface area contributed by atoms with Crippen LogP contribution in [-0.2, 0) is 36.6 Å². The zero-order valence-electron chi connectivity index (χ0n) is 34.3. The molecule has 8 heteroatoms. The molecule has 1 N–H and O–H groups in total. The fraction of sp³-hybridized carbons (Fsp3) is 0.721. The van der Waals surface area contributed by atoms with Gasteiger partial charge in [0.1, 0.15) is 5.75 Å². The van der Waals surface area contributed by atoms with E-state index in [9.17, 15) is 5.11 Å². The summed E-state index contributed by atoms with van der Waals surface area (Å²) in [5.74, 6) is 0.486. The first kappa shape index (κ1) is 43.6. The third kappa shape index (κ3) is 12.1. The summed E-state index contributed by atoms with van der Waals surface area (Å²) in [6.07, 6.45) is 2.50. The molecule has 7 nitrogen and oxygen atoms in total. The largest absolute Gasteiger partial charge is 0.497 e. The lowest BCUT2D eigenvalue weighted by atomic mass is 9.78. The van der Waals surface area contributed by atoms with Crippen molar-refractivity contribution in [3.8, 4) is 5.75 Å². The monoisotopic (exact) mass is 729 g/mol. The van der Waals surface area contributed by atoms with E-state index in [-0.39, 0.29) is 35.0 Å². The highest BCUT2D eigenvalue weighted by molar-refractivity contribution is 6.74. The lowest BCUT2D eigenvalue weighted by molar-refractivity contribution is -0.303. The first-order chi connectivity index (χ1) is 23.9. The molecule has 2 aromatic carbocycles. The number of benzene rings is 2. The van der Waals surface area contributed by atoms with Crippen LogP contribution in [0.2, 0.25) is 18.1 Å². The summed E-state index contributed by atoms with van der Waals surface area (Å²) in [7, 11) is -0.583. The van der Waals surface area contributed by atoms with E-state index < -0.39 is 31.9 Å². The van der Waals surface area contributed by atoms with Gasteiger partial charge in [-0.25, -0.2) is 0 Å². The minimum atomic E-state index is -2.26. The Morgan fingerprint density at radius 2 is 1.53 bits per heavy atom. The standard InChI is InChI=1S/C43H72O7Si/c1-14-35-30-48-42(9,10)49-39(35)31(4)26-37(44)40(47-29-34-22-24-36(45-11)25-23-34)32(5)27-43(16-3,50-51(12,13)41(6,7)8)38(15-2)46-28-33-20-18-17-19-21-33/h17-25,31-32,35,37-40,44H,14-16,26-30H2,1-13H3/t31-,32+,35-,37?,38-,39-,40-,43+/m0/s1. The van der Waals surface area contributed by atoms with Crippen LogP contribution in [0.15, 0.2) is 54.6 Å². The average Bonchev–Trinajstić information content (AvgIpc) is 3.08. The van der Waals surface area contributed by atoms with Gasteiger partial charge < -0.3 is 33.2 Å². The molecule has 3 rings (SSSR count). The van der Waals surface area contributed by atoms with Crippen molar-refractivity contribution in [3.05, 3.63) is 65.7 Å². The van der Waals surface area contributed by atoms with Crippen molar-refractivity contribution in [1.82, 2.24) is 0 Å². The molecule has 0 spiro atoms. The fourth-order valence-corrected chi connectivity index (χ4v) is 9.11. The molecule has 0 saturated carbocycles. The van der Waals surface area contributed by atoms with Gasteiger partial charge in [-0.3, -0.25) is 0 Å². The van der Waals surface area contributed by atoms with Crippen LogP contribution >= 0.6 is 0 Å². The highest BCUT2D eigenvalue weighted by Crippen LogP contribution is 2.45. The molecule has 0 radical (unpaired) electrons. The van der Waals surface area contributed by atoms with Gasteiger partial charge in [0, 0.05) is 5.92 Å². The van der Waals surface area contributed by atoms with Crippen molar-refractivity contribution in [2.75, 3.05) is 13.7 Å². The molecule has 0 aliphatic carbocycles. The van der Waals surface area contributed by atoms with E-state index in [4.69, 9.17) is 28.1 Å². The van der Waals surface area contributed by atoms with Gasteiger partial charge in [-0.15, -0.1) is 0 Å². The van der Waals surface area contributed by atoms with Gasteiger partial charge in [0.2, 0.25) is 0 Å². The van der Waals surface area contributed by atoms with Crippen molar-refractivity contribution in [1.29, 1.82) is 0 Å². The molecular weight excluding hydrogens is 657 g/mol. The van der Waals surface area contributed by atoms with Crippen LogP contribution in [0.25, 0.3) is 0 Å². The lowest BCUT2D eigenvalue weighted by Gasteiger charge is -2.50. The van der Waals surface area contributed by atoms with Crippen LogP contribution in [0, 0.1) is 17.8 Å². The average molecular weight is 729 g/mol. The van der Waals surface area contributed by atoms with Gasteiger partial charge >= 0.3 is 0 Å². The van der Waals surface area contributed by atoms with Crippen LogP contribution in [0.3, 0.4) is 0 Å². The van der Waals surface area contributed by atoms with Crippen LogP contribution < -0.4 is 4.74 Å². The first-order valence-electron chi connectivity index (χ1n) is 19.5. The van der Waals surface area contributed by atoms with Gasteiger partial charge in [-0.2, -0.15) is 0 Å². The van der Waals surface area contributed by atoms with Crippen molar-refractivity contribution in [2.45, 2.75) is 168 Å². The predicted molar refractivity (Wildman–Crippen MR) is 210 cm³/mol. The van der Waals surface area contributed by atoms with Crippen LogP contribution in [0.5, 0.6) is 5.75 Å². The summed E-state index contributed by atoms with van der Waals surface area (Å²) < 4.78 is 39.1. The molecule has 1 aliphatic heterocycles. The molecule has 51 heavy (non-hydrogen) atoms. The third-order valence-electron chi connectivity index (χ3n) is 11.6. The van der Waals surface area contributed by atoms with Crippen molar-refractivity contribution >= 4 is 8.32 Å². The first-order valence-corrected chi connectivity index (χ1v) is 22.4. The molecule has 1 aliphatic rings. The molecule has 8 atom stereocenters. The SMILES string of the molecule is CC[C@H]1COC(C)(C)O[C@H]1[C@@H](C)CC(O)[C@@H](OCc1ccc(OC)cc1)[C@H](C)C[C@@](CC)(O[Si](C)(C)C(C)(C)C)[C@H](CC)OCc1ccccc1. The number of aliphatic hydroxyl groups excluding tert-OH is 1. The Balaban J connectivity index is 1.97. The van der Waals surface area contributed by atoms with E-state index in [1.165, 1.54) is 0 Å². The molecule has 2 aromatic rings. The highest BCUT2D eigenvalue weighted by Gasteiger charge is 2.50. The Bertz CT molecular complexity index is 1280. The maximum Gasteiger partial charge on any atom is 0.192 e. The number of hydrogen-bond donors (Lipinski definition) is 1. The maximum atomic E-state index is 12.2. The zero-order valence-corrected chi connectivity index (χ0v) is 35.3. The Labute approximate surface area is 312 Å². The zero-order chi connectivity index (χ0) is 38.0. The number of ether oxygens (including phenoxy) is 5. The minimum absolute atomic E-state index is 0.0148. The quantitative estimate of drug-likeness (QED) is 0.136. The summed E-state index contributed by atoms with van der Waals surface area (Å²) in [6, 6.07) is 18.4. The number of aliphatic hydroxyl groups is 1. The Hall–Kier alpha value is -1.78. The van der Waals surface area contributed by atoms with Crippen LogP contribution in [0.1, 0.15) is 112 Å². The predicted octanol–water partition coefficient (Wildman–Crippen LogP) is 10.3. The highest BCUT2D eigenvalue weighted by atomic mass is 28.4. The lowest BCUT2D eigenvalue weighted by Crippen LogP contribution is -2.57. The molecule has 290 valence electrons. The molecule has 1 saturated heterocycles. The number of rotatable bonds is 20. The fourth-order valence-electron chi connectivity index (χ4n) is 7.43. The summed E-state index contributed by atoms with van der Waals surface area (Å²) >= 11 is 0. The molecule has 1 heterocycles. The second kappa shape index (κ2) is 19.0. The third-order valence-corrected chi connectivity index (χ3v) is 16.1. The van der Waals surface area contributed by atoms with E-state index in [2.05, 4.69) is 92.7 Å². The minimum Gasteiger partial charge on any atom is -0.497 e. The van der Waals surface area contributed by atoms with Crippen molar-refractivity contribution in [2.24, 2.45) is 17.8 Å². The maximum absolute atomic E-state index is 12.2. The van der Waals surface area contributed by atoms with Gasteiger partial charge in [-0.1, -0.05) is 97.9 Å². The molecule has 0 bridgehead atoms. The Kier molecular flexibility index (Phi) is 16.3. The van der Waals surface area contributed by atoms with Gasteiger partial charge in [-0.05, 0) is 99.2 Å². The normalized spacial score (nSPS) is 22.4. The summed E-state index contributed by atoms with van der Waals surface area (Å²) in [6.45, 7) is 28.1. The summed E-state index contributed by atoms with van der Waals surface area (Å²) in [5.41, 5.74) is 1.61. The molecule has 0 amide bonds. The van der Waals surface area contributed by atoms with Crippen LogP contribution in [0.4, 0.5) is 0 Å². The van der Waals surface area contributed by atoms with E-state index in [1.807, 2.05) is 44.2 Å². The summed E-state index contributed by atoms with van der Waals surface area (Å²) in [5, 5.41) is 12.2. The van der Waals surface area contributed by atoms with Gasteiger partial charge in [0.15, 0.2) is 14.1 Å².